The molecule has 0 bridgehead atoms. The zero-order valence-electron chi connectivity index (χ0n) is 23.0. The number of hydrogen-bond acceptors (Lipinski definition) is 5. The van der Waals surface area contributed by atoms with Crippen LogP contribution in [0.15, 0.2) is 11.6 Å². The van der Waals surface area contributed by atoms with Crippen molar-refractivity contribution in [3.8, 4) is 0 Å². The highest BCUT2D eigenvalue weighted by Crippen LogP contribution is 2.75. The van der Waals surface area contributed by atoms with Gasteiger partial charge in [-0.3, -0.25) is 4.79 Å². The second-order valence-electron chi connectivity index (χ2n) is 15.1. The molecule has 0 aliphatic heterocycles. The Kier molecular flexibility index (Phi) is 5.77. The largest absolute Gasteiger partial charge is 0.481 e. The number of allylic oxidation sites excluding steroid dienone is 2. The van der Waals surface area contributed by atoms with E-state index in [0.717, 1.165) is 44.9 Å². The molecule has 4 fully saturated rings. The van der Waals surface area contributed by atoms with Gasteiger partial charge in [-0.1, -0.05) is 53.2 Å². The number of carboxylic acid groups (broad SMARTS) is 1. The van der Waals surface area contributed by atoms with Gasteiger partial charge >= 0.3 is 5.97 Å². The van der Waals surface area contributed by atoms with Gasteiger partial charge in [0.2, 0.25) is 0 Å². The molecular formula is C30H48O6. The summed E-state index contributed by atoms with van der Waals surface area (Å²) in [5.74, 6) is -0.704. The molecule has 36 heavy (non-hydrogen) atoms. The van der Waals surface area contributed by atoms with E-state index < -0.39 is 40.5 Å². The molecule has 0 spiro atoms. The lowest BCUT2D eigenvalue weighted by Gasteiger charge is -2.72. The van der Waals surface area contributed by atoms with E-state index in [1.54, 1.807) is 0 Å². The molecule has 5 N–H and O–H groups in total. The lowest BCUT2D eigenvalue weighted by molar-refractivity contribution is -0.287. The quantitative estimate of drug-likeness (QED) is 0.361. The van der Waals surface area contributed by atoms with Gasteiger partial charge in [-0.2, -0.15) is 0 Å². The Morgan fingerprint density at radius 2 is 1.56 bits per heavy atom. The summed E-state index contributed by atoms with van der Waals surface area (Å²) in [5.41, 5.74) is -1.22. The number of aliphatic hydroxyl groups is 4. The predicted molar refractivity (Wildman–Crippen MR) is 137 cm³/mol. The van der Waals surface area contributed by atoms with E-state index in [1.165, 1.54) is 5.57 Å². The van der Waals surface area contributed by atoms with Crippen LogP contribution in [0.1, 0.15) is 92.9 Å². The zero-order valence-corrected chi connectivity index (χ0v) is 23.0. The molecule has 0 saturated heterocycles. The van der Waals surface area contributed by atoms with Gasteiger partial charge in [0.05, 0.1) is 24.2 Å². The minimum atomic E-state index is -1.31. The van der Waals surface area contributed by atoms with Gasteiger partial charge in [0.1, 0.15) is 6.10 Å². The highest BCUT2D eigenvalue weighted by Gasteiger charge is 2.72. The fourth-order valence-corrected chi connectivity index (χ4v) is 10.7. The van der Waals surface area contributed by atoms with Crippen molar-refractivity contribution >= 4 is 5.97 Å². The van der Waals surface area contributed by atoms with Crippen LogP contribution in [-0.4, -0.2) is 56.4 Å². The van der Waals surface area contributed by atoms with Gasteiger partial charge in [-0.25, -0.2) is 0 Å². The summed E-state index contributed by atoms with van der Waals surface area (Å²) in [6.07, 6.45) is 5.16. The average Bonchev–Trinajstić information content (AvgIpc) is 2.81. The molecule has 0 radical (unpaired) electrons. The Morgan fingerprint density at radius 1 is 0.917 bits per heavy atom. The summed E-state index contributed by atoms with van der Waals surface area (Å²) < 4.78 is 0. The Labute approximate surface area is 216 Å². The van der Waals surface area contributed by atoms with Crippen molar-refractivity contribution in [1.29, 1.82) is 0 Å². The van der Waals surface area contributed by atoms with Gasteiger partial charge in [-0.05, 0) is 85.4 Å². The van der Waals surface area contributed by atoms with Crippen LogP contribution in [0.2, 0.25) is 0 Å². The van der Waals surface area contributed by atoms with Crippen LogP contribution in [0.25, 0.3) is 0 Å². The van der Waals surface area contributed by atoms with Crippen LogP contribution >= 0.6 is 0 Å². The van der Waals surface area contributed by atoms with Crippen molar-refractivity contribution < 1.29 is 30.3 Å². The molecule has 204 valence electrons. The number of rotatable bonds is 2. The van der Waals surface area contributed by atoms with Crippen LogP contribution in [0, 0.1) is 50.2 Å². The minimum absolute atomic E-state index is 0.0206. The lowest BCUT2D eigenvalue weighted by atomic mass is 9.33. The molecular weight excluding hydrogens is 456 g/mol. The molecule has 6 heteroatoms. The summed E-state index contributed by atoms with van der Waals surface area (Å²) in [7, 11) is 0. The van der Waals surface area contributed by atoms with E-state index in [2.05, 4.69) is 40.7 Å². The summed E-state index contributed by atoms with van der Waals surface area (Å²) in [6.45, 7) is 12.9. The van der Waals surface area contributed by atoms with Gasteiger partial charge < -0.3 is 25.5 Å². The van der Waals surface area contributed by atoms with E-state index >= 15 is 0 Å². The number of aliphatic hydroxyl groups excluding tert-OH is 4. The number of carbonyl (C=O) groups is 1. The van der Waals surface area contributed by atoms with Crippen molar-refractivity contribution in [2.75, 3.05) is 6.61 Å². The van der Waals surface area contributed by atoms with Gasteiger partial charge in [0.25, 0.3) is 0 Å². The summed E-state index contributed by atoms with van der Waals surface area (Å²) in [5, 5.41) is 54.4. The third-order valence-electron chi connectivity index (χ3n) is 13.3. The molecule has 0 aromatic heterocycles. The maximum atomic E-state index is 12.8. The molecule has 0 amide bonds. The van der Waals surface area contributed by atoms with E-state index in [9.17, 15) is 30.3 Å². The Bertz CT molecular complexity index is 974. The molecule has 0 heterocycles. The van der Waals surface area contributed by atoms with Gasteiger partial charge in [-0.15, -0.1) is 0 Å². The van der Waals surface area contributed by atoms with E-state index in [4.69, 9.17) is 0 Å². The maximum Gasteiger partial charge on any atom is 0.310 e. The Hall–Kier alpha value is -0.950. The first-order valence-electron chi connectivity index (χ1n) is 14.1. The zero-order chi connectivity index (χ0) is 26.7. The maximum absolute atomic E-state index is 12.8. The number of carboxylic acids is 1. The molecule has 5 aliphatic rings. The highest BCUT2D eigenvalue weighted by molar-refractivity contribution is 5.76. The van der Waals surface area contributed by atoms with E-state index in [0.29, 0.717) is 6.42 Å². The smallest absolute Gasteiger partial charge is 0.310 e. The first-order chi connectivity index (χ1) is 16.5. The summed E-state index contributed by atoms with van der Waals surface area (Å²) in [4.78, 5) is 12.8. The van der Waals surface area contributed by atoms with E-state index in [1.807, 2.05) is 6.92 Å². The number of aliphatic carboxylic acids is 1. The molecule has 5 rings (SSSR count). The van der Waals surface area contributed by atoms with Crippen LogP contribution in [0.5, 0.6) is 0 Å². The first kappa shape index (κ1) is 26.6. The average molecular weight is 505 g/mol. The highest BCUT2D eigenvalue weighted by atomic mass is 16.4. The monoisotopic (exact) mass is 504 g/mol. The lowest BCUT2D eigenvalue weighted by Crippen LogP contribution is -2.73. The molecule has 0 aromatic carbocycles. The Morgan fingerprint density at radius 3 is 2.17 bits per heavy atom. The van der Waals surface area contributed by atoms with Crippen LogP contribution in [0.4, 0.5) is 0 Å². The predicted octanol–water partition coefficient (Wildman–Crippen LogP) is 4.15. The van der Waals surface area contributed by atoms with Crippen LogP contribution in [-0.2, 0) is 4.79 Å². The van der Waals surface area contributed by atoms with E-state index in [-0.39, 0.29) is 40.6 Å². The first-order valence-corrected chi connectivity index (χ1v) is 14.1. The Balaban J connectivity index is 1.64. The molecule has 0 unspecified atom stereocenters. The van der Waals surface area contributed by atoms with Gasteiger partial charge in [0, 0.05) is 10.8 Å². The topological polar surface area (TPSA) is 118 Å². The second kappa shape index (κ2) is 7.80. The van der Waals surface area contributed by atoms with Crippen LogP contribution in [0.3, 0.4) is 0 Å². The standard InChI is InChI=1S/C30H48O6/c1-25(2)11-13-30(24(35)36)14-12-27(4)17(18(30)15-25)7-8-20-28(27,5)10-9-19-26(3,16-31)22(33)21(32)23(34)29(19,20)6/h7,18-23,31-34H,8-16H2,1-6H3,(H,35,36)/t18-,19-,20-,21-,22+,23+,26+,27+,28+,29-,30-/m0/s1. The van der Waals surface area contributed by atoms with Crippen molar-refractivity contribution in [1.82, 2.24) is 0 Å². The van der Waals surface area contributed by atoms with Crippen molar-refractivity contribution in [2.45, 2.75) is 111 Å². The third kappa shape index (κ3) is 2.96. The SMILES string of the molecule is CC1(C)CC[C@]2(C(=O)O)CC[C@]3(C)C(=CC[C@@H]4[C@@]5(C)[C@H](O)[C@@H](O)[C@@H](O)[C@](C)(CO)[C@@H]5CC[C@]43C)[C@@H]2C1. The fraction of sp³-hybridized carbons (Fsp3) is 0.900. The molecule has 5 aliphatic carbocycles. The fourth-order valence-electron chi connectivity index (χ4n) is 10.7. The number of hydrogen-bond donors (Lipinski definition) is 5. The third-order valence-corrected chi connectivity index (χ3v) is 13.3. The second-order valence-corrected chi connectivity index (χ2v) is 15.1. The van der Waals surface area contributed by atoms with Crippen molar-refractivity contribution in [3.63, 3.8) is 0 Å². The number of fused-ring (bicyclic) bond motifs is 7. The van der Waals surface area contributed by atoms with Gasteiger partial charge in [0.15, 0.2) is 0 Å². The molecule has 0 aromatic rings. The molecule has 6 nitrogen and oxygen atoms in total. The van der Waals surface area contributed by atoms with Crippen molar-refractivity contribution in [3.05, 3.63) is 11.6 Å². The van der Waals surface area contributed by atoms with Crippen molar-refractivity contribution in [2.24, 2.45) is 50.2 Å². The summed E-state index contributed by atoms with van der Waals surface area (Å²) in [6, 6.07) is 0. The summed E-state index contributed by atoms with van der Waals surface area (Å²) >= 11 is 0. The van der Waals surface area contributed by atoms with Crippen LogP contribution < -0.4 is 0 Å². The molecule has 4 saturated carbocycles. The normalized spacial score (nSPS) is 55.9. The molecule has 11 atom stereocenters. The minimum Gasteiger partial charge on any atom is -0.481 e.